The predicted molar refractivity (Wildman–Crippen MR) is 188 cm³/mol. The Kier molecular flexibility index (Phi) is 7.14. The summed E-state index contributed by atoms with van der Waals surface area (Å²) in [5.74, 6) is 0.650. The van der Waals surface area contributed by atoms with Crippen molar-refractivity contribution < 1.29 is 0 Å². The van der Waals surface area contributed by atoms with E-state index in [1.165, 1.54) is 5.56 Å². The second-order valence-electron chi connectivity index (χ2n) is 11.2. The van der Waals surface area contributed by atoms with Gasteiger partial charge in [-0.25, -0.2) is 9.97 Å². The van der Waals surface area contributed by atoms with Crippen LogP contribution in [-0.4, -0.2) is 19.9 Å². The molecule has 216 valence electrons. The Morgan fingerprint density at radius 3 is 1.41 bits per heavy atom. The Balaban J connectivity index is 1.33. The van der Waals surface area contributed by atoms with E-state index in [0.717, 1.165) is 66.9 Å². The molecule has 0 aliphatic heterocycles. The molecular formula is C42H28N4. The van der Waals surface area contributed by atoms with Crippen molar-refractivity contribution in [1.29, 1.82) is 0 Å². The summed E-state index contributed by atoms with van der Waals surface area (Å²) in [7, 11) is 0. The summed E-state index contributed by atoms with van der Waals surface area (Å²) in [4.78, 5) is 19.7. The maximum atomic E-state index is 5.30. The Morgan fingerprint density at radius 1 is 0.326 bits per heavy atom. The summed E-state index contributed by atoms with van der Waals surface area (Å²) in [5, 5.41) is 1.00. The molecular weight excluding hydrogens is 560 g/mol. The van der Waals surface area contributed by atoms with Gasteiger partial charge >= 0.3 is 0 Å². The van der Waals surface area contributed by atoms with Gasteiger partial charge in [-0.15, -0.1) is 0 Å². The predicted octanol–water partition coefficient (Wildman–Crippen LogP) is 10.4. The van der Waals surface area contributed by atoms with Gasteiger partial charge in [0.05, 0.1) is 22.6 Å². The molecule has 0 aliphatic carbocycles. The van der Waals surface area contributed by atoms with Crippen LogP contribution in [-0.2, 0) is 0 Å². The van der Waals surface area contributed by atoms with E-state index in [0.29, 0.717) is 5.82 Å². The van der Waals surface area contributed by atoms with E-state index < -0.39 is 0 Å². The normalized spacial score (nSPS) is 11.0. The van der Waals surface area contributed by atoms with E-state index in [1.807, 2.05) is 60.9 Å². The van der Waals surface area contributed by atoms with Crippen LogP contribution in [0.3, 0.4) is 0 Å². The van der Waals surface area contributed by atoms with Gasteiger partial charge in [-0.1, -0.05) is 103 Å². The summed E-state index contributed by atoms with van der Waals surface area (Å²) in [6.45, 7) is 0. The average Bonchev–Trinajstić information content (AvgIpc) is 3.15. The molecule has 0 aliphatic rings. The third-order valence-electron chi connectivity index (χ3n) is 8.18. The van der Waals surface area contributed by atoms with Crippen LogP contribution in [0.1, 0.15) is 0 Å². The molecule has 5 aromatic carbocycles. The highest BCUT2D eigenvalue weighted by molar-refractivity contribution is 5.97. The standard InChI is InChI=1S/C42H28N4/c1-3-11-29(12-4-1)31-17-19-32(20-18-31)41-37-28-33(30-13-5-2-6-14-30)21-22-40(37)45-42(46-41)36-26-34(38-15-7-9-23-43-38)25-35(27-36)39-16-8-10-24-44-39/h1-28H. The van der Waals surface area contributed by atoms with Crippen LogP contribution in [0.15, 0.2) is 170 Å². The van der Waals surface area contributed by atoms with E-state index in [1.54, 1.807) is 0 Å². The van der Waals surface area contributed by atoms with Gasteiger partial charge in [0, 0.05) is 40.0 Å². The van der Waals surface area contributed by atoms with Crippen LogP contribution in [0.2, 0.25) is 0 Å². The first-order valence-electron chi connectivity index (χ1n) is 15.3. The van der Waals surface area contributed by atoms with E-state index >= 15 is 0 Å². The molecule has 0 bridgehead atoms. The summed E-state index contributed by atoms with van der Waals surface area (Å²) < 4.78 is 0. The van der Waals surface area contributed by atoms with Crippen LogP contribution in [0.25, 0.3) is 78.3 Å². The van der Waals surface area contributed by atoms with Gasteiger partial charge in [0.1, 0.15) is 0 Å². The first kappa shape index (κ1) is 27.3. The molecule has 8 rings (SSSR count). The van der Waals surface area contributed by atoms with Gasteiger partial charge in [0.15, 0.2) is 5.82 Å². The Labute approximate surface area is 267 Å². The van der Waals surface area contributed by atoms with Crippen LogP contribution in [0.5, 0.6) is 0 Å². The maximum absolute atomic E-state index is 5.30. The molecule has 3 heterocycles. The molecule has 0 saturated heterocycles. The fraction of sp³-hybridized carbons (Fsp3) is 0. The molecule has 46 heavy (non-hydrogen) atoms. The quantitative estimate of drug-likeness (QED) is 0.194. The fourth-order valence-corrected chi connectivity index (χ4v) is 5.86. The lowest BCUT2D eigenvalue weighted by Crippen LogP contribution is -1.97. The number of hydrogen-bond acceptors (Lipinski definition) is 4. The van der Waals surface area contributed by atoms with Crippen molar-refractivity contribution in [2.24, 2.45) is 0 Å². The van der Waals surface area contributed by atoms with Crippen molar-refractivity contribution in [2.45, 2.75) is 0 Å². The smallest absolute Gasteiger partial charge is 0.160 e. The molecule has 8 aromatic rings. The summed E-state index contributed by atoms with van der Waals surface area (Å²) in [6.07, 6.45) is 3.63. The van der Waals surface area contributed by atoms with Crippen molar-refractivity contribution in [2.75, 3.05) is 0 Å². The van der Waals surface area contributed by atoms with Gasteiger partial charge in [-0.2, -0.15) is 0 Å². The van der Waals surface area contributed by atoms with E-state index in [9.17, 15) is 0 Å². The molecule has 0 N–H and O–H groups in total. The van der Waals surface area contributed by atoms with Crippen LogP contribution in [0.4, 0.5) is 0 Å². The SMILES string of the molecule is c1ccc(-c2ccc(-c3nc(-c4cc(-c5ccccn5)cc(-c5ccccn5)c4)nc4ccc(-c5ccccc5)cc34)cc2)cc1. The van der Waals surface area contributed by atoms with Crippen LogP contribution in [0, 0.1) is 0 Å². The lowest BCUT2D eigenvalue weighted by atomic mass is 9.97. The summed E-state index contributed by atoms with van der Waals surface area (Å²) >= 11 is 0. The highest BCUT2D eigenvalue weighted by Gasteiger charge is 2.16. The van der Waals surface area contributed by atoms with Crippen molar-refractivity contribution >= 4 is 10.9 Å². The zero-order valence-corrected chi connectivity index (χ0v) is 25.0. The highest BCUT2D eigenvalue weighted by atomic mass is 14.9. The van der Waals surface area contributed by atoms with E-state index in [4.69, 9.17) is 9.97 Å². The zero-order valence-electron chi connectivity index (χ0n) is 25.0. The van der Waals surface area contributed by atoms with Gasteiger partial charge < -0.3 is 0 Å². The number of rotatable bonds is 6. The number of hydrogen-bond donors (Lipinski definition) is 0. The Morgan fingerprint density at radius 2 is 0.826 bits per heavy atom. The average molecular weight is 589 g/mol. The zero-order chi connectivity index (χ0) is 30.7. The lowest BCUT2D eigenvalue weighted by Gasteiger charge is -2.13. The molecule has 3 aromatic heterocycles. The minimum Gasteiger partial charge on any atom is -0.256 e. The van der Waals surface area contributed by atoms with Crippen molar-refractivity contribution in [3.8, 4) is 67.4 Å². The number of pyridine rings is 2. The highest BCUT2D eigenvalue weighted by Crippen LogP contribution is 2.36. The minimum atomic E-state index is 0.650. The number of aromatic nitrogens is 4. The molecule has 4 heteroatoms. The molecule has 0 amide bonds. The van der Waals surface area contributed by atoms with E-state index in [2.05, 4.69) is 119 Å². The number of benzene rings is 5. The second kappa shape index (κ2) is 12.0. The van der Waals surface area contributed by atoms with Gasteiger partial charge in [-0.05, 0) is 76.9 Å². The third kappa shape index (κ3) is 5.44. The molecule has 0 fully saturated rings. The molecule has 0 spiro atoms. The molecule has 0 radical (unpaired) electrons. The first-order chi connectivity index (χ1) is 22.8. The maximum Gasteiger partial charge on any atom is 0.160 e. The molecule has 4 nitrogen and oxygen atoms in total. The molecule has 0 unspecified atom stereocenters. The summed E-state index contributed by atoms with van der Waals surface area (Å²) in [6, 6.07) is 54.3. The minimum absolute atomic E-state index is 0.650. The third-order valence-corrected chi connectivity index (χ3v) is 8.18. The number of fused-ring (bicyclic) bond motifs is 1. The van der Waals surface area contributed by atoms with Crippen LogP contribution < -0.4 is 0 Å². The van der Waals surface area contributed by atoms with Crippen molar-refractivity contribution in [3.63, 3.8) is 0 Å². The molecule has 0 atom stereocenters. The van der Waals surface area contributed by atoms with Gasteiger partial charge in [0.25, 0.3) is 0 Å². The topological polar surface area (TPSA) is 51.6 Å². The molecule has 0 saturated carbocycles. The first-order valence-corrected chi connectivity index (χ1v) is 15.3. The Bertz CT molecular complexity index is 2210. The Hall–Kier alpha value is -6.26. The van der Waals surface area contributed by atoms with Crippen molar-refractivity contribution in [3.05, 3.63) is 170 Å². The monoisotopic (exact) mass is 588 g/mol. The summed E-state index contributed by atoms with van der Waals surface area (Å²) in [5.41, 5.74) is 12.1. The van der Waals surface area contributed by atoms with Crippen LogP contribution >= 0.6 is 0 Å². The fourth-order valence-electron chi connectivity index (χ4n) is 5.86. The van der Waals surface area contributed by atoms with E-state index in [-0.39, 0.29) is 0 Å². The largest absolute Gasteiger partial charge is 0.256 e. The van der Waals surface area contributed by atoms with Gasteiger partial charge in [-0.3, -0.25) is 9.97 Å². The van der Waals surface area contributed by atoms with Crippen molar-refractivity contribution in [1.82, 2.24) is 19.9 Å². The lowest BCUT2D eigenvalue weighted by molar-refractivity contribution is 1.23. The second-order valence-corrected chi connectivity index (χ2v) is 11.2. The van der Waals surface area contributed by atoms with Gasteiger partial charge in [0.2, 0.25) is 0 Å². The number of nitrogens with zero attached hydrogens (tertiary/aromatic N) is 4.